The van der Waals surface area contributed by atoms with Crippen LogP contribution in [-0.4, -0.2) is 68.1 Å². The largest absolute Gasteiger partial charge is 0.504 e. The highest BCUT2D eigenvalue weighted by Crippen LogP contribution is 2.44. The Balaban J connectivity index is 1.30. The molecule has 1 aromatic heterocycles. The summed E-state index contributed by atoms with van der Waals surface area (Å²) in [6, 6.07) is 9.28. The summed E-state index contributed by atoms with van der Waals surface area (Å²) in [6.45, 7) is 2.60. The number of benzene rings is 1. The van der Waals surface area contributed by atoms with E-state index in [2.05, 4.69) is 41.2 Å². The van der Waals surface area contributed by atoms with Gasteiger partial charge in [0.2, 0.25) is 0 Å². The number of aliphatic hydroxyl groups is 4. The molecule has 4 aliphatic rings. The third-order valence-electron chi connectivity index (χ3n) is 11.6. The van der Waals surface area contributed by atoms with Gasteiger partial charge in [0.05, 0.1) is 24.1 Å². The Bertz CT molecular complexity index is 1570. The molecule has 1 fully saturated rings. The molecular formula is C41H55N3O6. The summed E-state index contributed by atoms with van der Waals surface area (Å²) >= 11 is 0. The average molecular weight is 686 g/mol. The van der Waals surface area contributed by atoms with Crippen LogP contribution in [0.5, 0.6) is 11.5 Å². The van der Waals surface area contributed by atoms with Crippen molar-refractivity contribution in [2.45, 2.75) is 95.0 Å². The number of dihydropyridines is 1. The van der Waals surface area contributed by atoms with Crippen molar-refractivity contribution in [2.75, 3.05) is 13.2 Å². The molecule has 1 aromatic carbocycles. The maximum absolute atomic E-state index is 11.7. The molecule has 0 saturated heterocycles. The number of nitrogens with two attached hydrogens (primary N) is 1. The number of rotatable bonds is 9. The fourth-order valence-corrected chi connectivity index (χ4v) is 8.67. The van der Waals surface area contributed by atoms with Crippen molar-refractivity contribution in [1.29, 1.82) is 0 Å². The van der Waals surface area contributed by atoms with E-state index in [1.807, 2.05) is 42.6 Å². The van der Waals surface area contributed by atoms with E-state index in [0.29, 0.717) is 50.4 Å². The molecule has 3 aliphatic carbocycles. The van der Waals surface area contributed by atoms with Gasteiger partial charge in [0.25, 0.3) is 0 Å². The van der Waals surface area contributed by atoms with Gasteiger partial charge in [-0.25, -0.2) is 0 Å². The zero-order valence-corrected chi connectivity index (χ0v) is 29.1. The number of phenols is 1. The number of fused-ring (bicyclic) bond motifs is 1. The molecule has 0 radical (unpaired) electrons. The second kappa shape index (κ2) is 16.6. The second-order valence-electron chi connectivity index (χ2n) is 14.8. The number of phenolic OH excluding ortho intramolecular Hbond substituents is 1. The van der Waals surface area contributed by atoms with E-state index in [-0.39, 0.29) is 53.6 Å². The molecule has 270 valence electrons. The minimum Gasteiger partial charge on any atom is -0.504 e. The Hall–Kier alpha value is -3.68. The highest BCUT2D eigenvalue weighted by molar-refractivity contribution is 5.45. The Kier molecular flexibility index (Phi) is 12.0. The highest BCUT2D eigenvalue weighted by atomic mass is 16.5. The molecular weight excluding hydrogens is 630 g/mol. The van der Waals surface area contributed by atoms with Crippen LogP contribution < -0.4 is 15.8 Å². The molecule has 50 heavy (non-hydrogen) atoms. The predicted octanol–water partition coefficient (Wildman–Crippen LogP) is 4.64. The third-order valence-corrected chi connectivity index (χ3v) is 11.6. The van der Waals surface area contributed by atoms with E-state index in [1.54, 1.807) is 6.07 Å². The number of nitrogens with one attached hydrogen (secondary N) is 2. The van der Waals surface area contributed by atoms with Gasteiger partial charge in [-0.1, -0.05) is 55.9 Å². The lowest BCUT2D eigenvalue weighted by Crippen LogP contribution is -2.51. The summed E-state index contributed by atoms with van der Waals surface area (Å²) in [7, 11) is 0. The lowest BCUT2D eigenvalue weighted by atomic mass is 9.68. The zero-order valence-electron chi connectivity index (χ0n) is 29.1. The molecule has 9 heteroatoms. The topological polar surface area (TPSA) is 164 Å². The van der Waals surface area contributed by atoms with Crippen LogP contribution in [-0.2, 0) is 6.42 Å². The summed E-state index contributed by atoms with van der Waals surface area (Å²) in [4.78, 5) is 3.32. The van der Waals surface area contributed by atoms with Crippen LogP contribution in [0.1, 0.15) is 75.5 Å². The minimum absolute atomic E-state index is 0.0452. The van der Waals surface area contributed by atoms with Crippen molar-refractivity contribution >= 4 is 0 Å². The Morgan fingerprint density at radius 3 is 2.62 bits per heavy atom. The summed E-state index contributed by atoms with van der Waals surface area (Å²) in [5, 5.41) is 59.0. The molecule has 2 aromatic rings. The van der Waals surface area contributed by atoms with E-state index in [9.17, 15) is 25.5 Å². The van der Waals surface area contributed by atoms with Crippen molar-refractivity contribution in [3.05, 3.63) is 83.5 Å². The fourth-order valence-electron chi connectivity index (χ4n) is 8.67. The summed E-state index contributed by atoms with van der Waals surface area (Å²) in [5.41, 5.74) is 9.19. The van der Waals surface area contributed by atoms with Gasteiger partial charge in [0.15, 0.2) is 11.5 Å². The third kappa shape index (κ3) is 8.26. The van der Waals surface area contributed by atoms with Crippen molar-refractivity contribution < 1.29 is 30.3 Å². The van der Waals surface area contributed by atoms with E-state index in [4.69, 9.17) is 10.5 Å². The molecule has 6 rings (SSSR count). The summed E-state index contributed by atoms with van der Waals surface area (Å²) < 4.78 is 6.68. The monoisotopic (exact) mass is 685 g/mol. The maximum atomic E-state index is 11.7. The fraction of sp³-hybridized carbons (Fsp3) is 0.561. The molecule has 1 saturated carbocycles. The van der Waals surface area contributed by atoms with Crippen molar-refractivity contribution in [3.63, 3.8) is 0 Å². The quantitative estimate of drug-likeness (QED) is 0.140. The maximum Gasteiger partial charge on any atom is 0.161 e. The van der Waals surface area contributed by atoms with Crippen LogP contribution in [0.4, 0.5) is 0 Å². The first-order valence-corrected chi connectivity index (χ1v) is 18.6. The SMILES string of the molecule is CC[C@@H]1C#C[C@@H]2C=C[C@@H](c3ccc(O)c(O[C@@H]4[C@H](O)[C@@H](CO)CC[C@@H]4[C@H](Cc4ccc[nH]4)C4=CCNC(N)=C4)c3)C[C@@H](O)[C@H]2[C@@H](O)CCCC1. The number of aromatic nitrogens is 1. The van der Waals surface area contributed by atoms with Crippen molar-refractivity contribution in [3.8, 4) is 23.3 Å². The molecule has 0 amide bonds. The predicted molar refractivity (Wildman–Crippen MR) is 194 cm³/mol. The van der Waals surface area contributed by atoms with Crippen LogP contribution in [0.15, 0.2) is 72.2 Å². The van der Waals surface area contributed by atoms with E-state index >= 15 is 0 Å². The molecule has 11 atom stereocenters. The number of aliphatic hydroxyl groups excluding tert-OH is 4. The smallest absolute Gasteiger partial charge is 0.161 e. The van der Waals surface area contributed by atoms with Gasteiger partial charge in [-0.15, -0.1) is 0 Å². The first kappa shape index (κ1) is 36.1. The zero-order chi connectivity index (χ0) is 35.2. The average Bonchev–Trinajstić information content (AvgIpc) is 3.57. The van der Waals surface area contributed by atoms with Crippen molar-refractivity contribution in [1.82, 2.24) is 10.3 Å². The van der Waals surface area contributed by atoms with Crippen LogP contribution >= 0.6 is 0 Å². The van der Waals surface area contributed by atoms with Gasteiger partial charge in [-0.3, -0.25) is 0 Å². The lowest BCUT2D eigenvalue weighted by molar-refractivity contribution is -0.0856. The molecule has 9 nitrogen and oxygen atoms in total. The molecule has 2 heterocycles. The van der Waals surface area contributed by atoms with E-state index < -0.39 is 24.4 Å². The van der Waals surface area contributed by atoms with Gasteiger partial charge in [0, 0.05) is 60.5 Å². The molecule has 0 bridgehead atoms. The number of ether oxygens (including phenoxy) is 1. The van der Waals surface area contributed by atoms with Gasteiger partial charge in [-0.2, -0.15) is 0 Å². The Labute approximate surface area is 296 Å². The first-order chi connectivity index (χ1) is 24.2. The van der Waals surface area contributed by atoms with Gasteiger partial charge >= 0.3 is 0 Å². The summed E-state index contributed by atoms with van der Waals surface area (Å²) in [6.07, 6.45) is 14.0. The molecule has 0 unspecified atom stereocenters. The Morgan fingerprint density at radius 2 is 1.86 bits per heavy atom. The summed E-state index contributed by atoms with van der Waals surface area (Å²) in [5.74, 6) is 6.57. The minimum atomic E-state index is -0.965. The molecule has 9 N–H and O–H groups in total. The number of hydrogen-bond donors (Lipinski definition) is 8. The number of aromatic amines is 1. The van der Waals surface area contributed by atoms with E-state index in [0.717, 1.165) is 42.5 Å². The normalized spacial score (nSPS) is 33.7. The van der Waals surface area contributed by atoms with Crippen molar-refractivity contribution in [2.24, 2.45) is 41.2 Å². The lowest BCUT2D eigenvalue weighted by Gasteiger charge is -2.44. The van der Waals surface area contributed by atoms with E-state index in [1.165, 1.54) is 0 Å². The van der Waals surface area contributed by atoms with Crippen LogP contribution in [0, 0.1) is 47.3 Å². The standard InChI is InChI=1S/C41H55N3O6/c1-2-25-6-3-4-8-35(47)39-26(10-9-25)11-12-27(20-36(39)48)28-14-16-34(46)37(21-28)50-41-32(15-13-30(24-45)40(41)49)33(23-31-7-5-18-43-31)29-17-19-44-38(42)22-29/h5,7,11-12,14,16-18,21-22,25-27,30,32-33,35-36,39-41,43-49H,2-4,6,8,13,15,19-20,23-24,42H2,1H3/t25-,26+,27+,30+,32+,33+,35-,36+,39+,40+,41-/m0/s1. The number of allylic oxidation sites excluding steroid dienone is 4. The van der Waals surface area contributed by atoms with Crippen LogP contribution in [0.3, 0.4) is 0 Å². The molecule has 1 aliphatic heterocycles. The number of H-pyrrole nitrogens is 1. The van der Waals surface area contributed by atoms with Gasteiger partial charge in [-0.05, 0) is 92.3 Å². The second-order valence-corrected chi connectivity index (χ2v) is 14.8. The number of aromatic hydroxyl groups is 1. The number of hydrogen-bond acceptors (Lipinski definition) is 8. The van der Waals surface area contributed by atoms with Crippen LogP contribution in [0.25, 0.3) is 0 Å². The van der Waals surface area contributed by atoms with Gasteiger partial charge in [0.1, 0.15) is 6.10 Å². The molecule has 0 spiro atoms. The highest BCUT2D eigenvalue weighted by Gasteiger charge is 2.45. The van der Waals surface area contributed by atoms with Crippen LogP contribution in [0.2, 0.25) is 0 Å². The Morgan fingerprint density at radius 1 is 1.02 bits per heavy atom. The van der Waals surface area contributed by atoms with Gasteiger partial charge < -0.3 is 46.3 Å². The first-order valence-electron chi connectivity index (χ1n) is 18.6.